The Morgan fingerprint density at radius 1 is 1.30 bits per heavy atom. The van der Waals surface area contributed by atoms with Crippen molar-refractivity contribution in [2.24, 2.45) is 0 Å². The molecular weight excluding hydrogens is 266 g/mol. The highest BCUT2D eigenvalue weighted by atomic mass is 16.5. The minimum atomic E-state index is -0.835. The molecule has 104 valence electrons. The van der Waals surface area contributed by atoms with Gasteiger partial charge in [0.2, 0.25) is 0 Å². The van der Waals surface area contributed by atoms with Gasteiger partial charge in [-0.05, 0) is 18.2 Å². The summed E-state index contributed by atoms with van der Waals surface area (Å²) in [5.74, 6) is -1.10. The Bertz CT molecular complexity index is 761. The van der Waals surface area contributed by atoms with E-state index < -0.39 is 17.6 Å². The van der Waals surface area contributed by atoms with E-state index in [1.165, 1.54) is 25.1 Å². The summed E-state index contributed by atoms with van der Waals surface area (Å²) in [6.07, 6.45) is 0. The fraction of sp³-hybridized carbons (Fsp3) is 0.154. The van der Waals surface area contributed by atoms with Gasteiger partial charge in [-0.1, -0.05) is 0 Å². The summed E-state index contributed by atoms with van der Waals surface area (Å²) in [4.78, 5) is 34.2. The standard InChI is InChI=1S/C13H11NO6/c1-6(15)19-7-3-4-9-8(5-7)10(12(16)18-2)11(14)13(17)20-9/h3-5H,14H2,1-2H3. The molecule has 0 aliphatic heterocycles. The Hall–Kier alpha value is -2.83. The molecule has 2 N–H and O–H groups in total. The summed E-state index contributed by atoms with van der Waals surface area (Å²) >= 11 is 0. The molecule has 2 aromatic rings. The molecule has 20 heavy (non-hydrogen) atoms. The number of nitrogens with two attached hydrogens (primary N) is 1. The van der Waals surface area contributed by atoms with Crippen molar-refractivity contribution in [3.05, 3.63) is 34.2 Å². The summed E-state index contributed by atoms with van der Waals surface area (Å²) in [6.45, 7) is 1.24. The molecule has 0 bridgehead atoms. The molecule has 0 saturated carbocycles. The molecule has 7 nitrogen and oxygen atoms in total. The van der Waals surface area contributed by atoms with E-state index in [0.29, 0.717) is 0 Å². The van der Waals surface area contributed by atoms with Gasteiger partial charge >= 0.3 is 17.6 Å². The fourth-order valence-corrected chi connectivity index (χ4v) is 1.75. The van der Waals surface area contributed by atoms with E-state index >= 15 is 0 Å². The van der Waals surface area contributed by atoms with Crippen molar-refractivity contribution < 1.29 is 23.5 Å². The molecule has 0 aliphatic rings. The molecule has 0 unspecified atom stereocenters. The van der Waals surface area contributed by atoms with Crippen LogP contribution in [0.1, 0.15) is 17.3 Å². The van der Waals surface area contributed by atoms with Crippen LogP contribution in [-0.4, -0.2) is 19.0 Å². The Balaban J connectivity index is 2.77. The monoisotopic (exact) mass is 277 g/mol. The summed E-state index contributed by atoms with van der Waals surface area (Å²) in [6, 6.07) is 4.22. The molecule has 1 aromatic carbocycles. The predicted octanol–water partition coefficient (Wildman–Crippen LogP) is 1.09. The lowest BCUT2D eigenvalue weighted by Crippen LogP contribution is -2.15. The smallest absolute Gasteiger partial charge is 0.360 e. The van der Waals surface area contributed by atoms with E-state index in [9.17, 15) is 14.4 Å². The number of hydrogen-bond acceptors (Lipinski definition) is 7. The van der Waals surface area contributed by atoms with Crippen molar-refractivity contribution in [2.75, 3.05) is 12.8 Å². The number of ether oxygens (including phenoxy) is 2. The van der Waals surface area contributed by atoms with Gasteiger partial charge in [0, 0.05) is 12.3 Å². The molecule has 1 aromatic heterocycles. The SMILES string of the molecule is COC(=O)c1c(N)c(=O)oc2ccc(OC(C)=O)cc12. The average molecular weight is 277 g/mol. The molecular formula is C13H11NO6. The number of carbonyl (C=O) groups is 2. The van der Waals surface area contributed by atoms with E-state index in [1.54, 1.807) is 0 Å². The van der Waals surface area contributed by atoms with Crippen LogP contribution in [0.15, 0.2) is 27.4 Å². The van der Waals surface area contributed by atoms with Gasteiger partial charge in [0.25, 0.3) is 0 Å². The summed E-state index contributed by atoms with van der Waals surface area (Å²) in [7, 11) is 1.16. The Labute approximate surface area is 112 Å². The van der Waals surface area contributed by atoms with Crippen LogP contribution in [0.3, 0.4) is 0 Å². The lowest BCUT2D eigenvalue weighted by atomic mass is 10.1. The quantitative estimate of drug-likeness (QED) is 0.497. The number of anilines is 1. The topological polar surface area (TPSA) is 109 Å². The van der Waals surface area contributed by atoms with Crippen molar-refractivity contribution in [1.82, 2.24) is 0 Å². The number of hydrogen-bond donors (Lipinski definition) is 1. The van der Waals surface area contributed by atoms with E-state index in [2.05, 4.69) is 4.74 Å². The summed E-state index contributed by atoms with van der Waals surface area (Å²) in [5, 5.41) is 0.229. The molecule has 0 aliphatic carbocycles. The van der Waals surface area contributed by atoms with Crippen molar-refractivity contribution in [3.8, 4) is 5.75 Å². The number of carbonyl (C=O) groups excluding carboxylic acids is 2. The van der Waals surface area contributed by atoms with E-state index in [4.69, 9.17) is 14.9 Å². The Morgan fingerprint density at radius 2 is 2.00 bits per heavy atom. The van der Waals surface area contributed by atoms with Crippen LogP contribution >= 0.6 is 0 Å². The number of benzene rings is 1. The minimum absolute atomic E-state index is 0.118. The summed E-state index contributed by atoms with van der Waals surface area (Å²) in [5.41, 5.74) is 4.39. The molecule has 0 saturated heterocycles. The number of methoxy groups -OCH3 is 1. The first-order valence-corrected chi connectivity index (χ1v) is 5.57. The van der Waals surface area contributed by atoms with Gasteiger partial charge < -0.3 is 19.6 Å². The molecule has 0 atom stereocenters. The zero-order valence-electron chi connectivity index (χ0n) is 10.8. The number of nitrogen functional groups attached to an aromatic ring is 1. The maximum absolute atomic E-state index is 11.7. The first-order valence-electron chi connectivity index (χ1n) is 5.57. The highest BCUT2D eigenvalue weighted by molar-refractivity contribution is 6.07. The molecule has 0 radical (unpaired) electrons. The van der Waals surface area contributed by atoms with Crippen LogP contribution in [0.2, 0.25) is 0 Å². The predicted molar refractivity (Wildman–Crippen MR) is 69.5 cm³/mol. The normalized spacial score (nSPS) is 10.3. The first kappa shape index (κ1) is 13.6. The van der Waals surface area contributed by atoms with Crippen molar-refractivity contribution in [1.29, 1.82) is 0 Å². The third-order valence-corrected chi connectivity index (χ3v) is 2.56. The van der Waals surface area contributed by atoms with Crippen LogP contribution in [0, 0.1) is 0 Å². The third kappa shape index (κ3) is 2.33. The molecule has 2 rings (SSSR count). The minimum Gasteiger partial charge on any atom is -0.465 e. The van der Waals surface area contributed by atoms with Gasteiger partial charge in [-0.2, -0.15) is 0 Å². The number of fused-ring (bicyclic) bond motifs is 1. The highest BCUT2D eigenvalue weighted by Gasteiger charge is 2.20. The maximum Gasteiger partial charge on any atom is 0.360 e. The highest BCUT2D eigenvalue weighted by Crippen LogP contribution is 2.26. The second-order valence-electron chi connectivity index (χ2n) is 3.92. The maximum atomic E-state index is 11.7. The van der Waals surface area contributed by atoms with E-state index in [-0.39, 0.29) is 28.0 Å². The molecule has 1 heterocycles. The number of esters is 2. The lowest BCUT2D eigenvalue weighted by molar-refractivity contribution is -0.131. The average Bonchev–Trinajstić information content (AvgIpc) is 2.39. The zero-order chi connectivity index (χ0) is 14.9. The second-order valence-corrected chi connectivity index (χ2v) is 3.92. The van der Waals surface area contributed by atoms with E-state index in [1.807, 2.05) is 0 Å². The van der Waals surface area contributed by atoms with Gasteiger partial charge in [-0.3, -0.25) is 4.79 Å². The van der Waals surface area contributed by atoms with Gasteiger partial charge in [0.1, 0.15) is 22.6 Å². The number of rotatable bonds is 2. The molecule has 0 fully saturated rings. The van der Waals surface area contributed by atoms with Crippen LogP contribution < -0.4 is 16.1 Å². The van der Waals surface area contributed by atoms with Crippen LogP contribution in [0.25, 0.3) is 11.0 Å². The largest absolute Gasteiger partial charge is 0.465 e. The molecule has 0 amide bonds. The van der Waals surface area contributed by atoms with Gasteiger partial charge in [0.15, 0.2) is 0 Å². The van der Waals surface area contributed by atoms with Gasteiger partial charge in [-0.15, -0.1) is 0 Å². The fourth-order valence-electron chi connectivity index (χ4n) is 1.75. The van der Waals surface area contributed by atoms with Crippen molar-refractivity contribution in [3.63, 3.8) is 0 Å². The van der Waals surface area contributed by atoms with Gasteiger partial charge in [0.05, 0.1) is 7.11 Å². The van der Waals surface area contributed by atoms with Crippen molar-refractivity contribution >= 4 is 28.6 Å². The lowest BCUT2D eigenvalue weighted by Gasteiger charge is -2.08. The van der Waals surface area contributed by atoms with Crippen molar-refractivity contribution in [2.45, 2.75) is 6.92 Å². The Kier molecular flexibility index (Phi) is 3.43. The van der Waals surface area contributed by atoms with Crippen LogP contribution in [-0.2, 0) is 9.53 Å². The zero-order valence-corrected chi connectivity index (χ0v) is 10.8. The molecule has 7 heteroatoms. The van der Waals surface area contributed by atoms with Gasteiger partial charge in [-0.25, -0.2) is 9.59 Å². The second kappa shape index (κ2) is 5.04. The summed E-state index contributed by atoms with van der Waals surface area (Å²) < 4.78 is 14.5. The first-order chi connectivity index (χ1) is 9.43. The Morgan fingerprint density at radius 3 is 2.60 bits per heavy atom. The van der Waals surface area contributed by atoms with Crippen LogP contribution in [0.5, 0.6) is 5.75 Å². The molecule has 0 spiro atoms. The van der Waals surface area contributed by atoms with E-state index in [0.717, 1.165) is 7.11 Å². The van der Waals surface area contributed by atoms with Crippen LogP contribution in [0.4, 0.5) is 5.69 Å². The third-order valence-electron chi connectivity index (χ3n) is 2.56.